The number of carbonyl (C=O) groups is 1. The van der Waals surface area contributed by atoms with E-state index in [4.69, 9.17) is 99.4 Å². The van der Waals surface area contributed by atoms with Gasteiger partial charge in [0.15, 0.2) is 11.6 Å². The van der Waals surface area contributed by atoms with Crippen molar-refractivity contribution in [2.24, 2.45) is 0 Å². The van der Waals surface area contributed by atoms with Gasteiger partial charge in [-0.1, -0.05) is 129 Å². The van der Waals surface area contributed by atoms with Gasteiger partial charge < -0.3 is 61.3 Å². The van der Waals surface area contributed by atoms with Crippen molar-refractivity contribution in [1.29, 1.82) is 0 Å². The summed E-state index contributed by atoms with van der Waals surface area (Å²) in [6.07, 6.45) is 2.43. The number of hydrogen-bond acceptors (Lipinski definition) is 19. The van der Waals surface area contributed by atoms with Crippen LogP contribution >= 0.6 is 34.5 Å². The lowest BCUT2D eigenvalue weighted by molar-refractivity contribution is -0.151. The van der Waals surface area contributed by atoms with Gasteiger partial charge in [-0.2, -0.15) is 0 Å². The molecular weight excluding hydrogens is 1410 g/mol. The van der Waals surface area contributed by atoms with Crippen molar-refractivity contribution in [3.05, 3.63) is 232 Å². The summed E-state index contributed by atoms with van der Waals surface area (Å²) in [5, 5.41) is 0.627. The average molecular weight is 1500 g/mol. The van der Waals surface area contributed by atoms with Gasteiger partial charge >= 0.3 is 5.97 Å². The molecule has 552 valence electrons. The van der Waals surface area contributed by atoms with E-state index in [9.17, 15) is 9.18 Å². The normalized spacial score (nSPS) is 12.4. The van der Waals surface area contributed by atoms with Gasteiger partial charge in [-0.3, -0.25) is 0 Å². The number of rotatable bonds is 38. The Hall–Kier alpha value is -9.00. The maximum atomic E-state index is 15.0. The van der Waals surface area contributed by atoms with Crippen LogP contribution in [-0.2, 0) is 51.8 Å². The number of benzene rings is 7. The lowest BCUT2D eigenvalue weighted by atomic mass is 9.80. The second kappa shape index (κ2) is 36.8. The molecule has 0 aliphatic heterocycles. The molecule has 0 fully saturated rings. The van der Waals surface area contributed by atoms with Crippen LogP contribution in [-0.4, -0.2) is 134 Å². The fourth-order valence-corrected chi connectivity index (χ4v) is 14.3. The predicted molar refractivity (Wildman–Crippen MR) is 411 cm³/mol. The standard InChI is InChI=1S/C82H89Cl2FN4O14SSi/c1-13-40-96-50-65(51-100-82(57-20-16-15-17-21-57,58-26-32-62(92-9)33-27-58)59-28-34-63(93-10)35-29-59)101-75-73(83)53(3)70(54(4)74(75)84)71-72-78(87-52-88-79(72)104-76(71)55-24-30-60(85)31-25-55)102-69(80(90)97-14-2)48-56-47-64(103-105(11,12)81(5,6)7)36-37-67(56)99-49-61-38-39-86-77(89-61)66-22-18-19-23-68(66)98-46-45-95-44-43-94-42-41-91-8/h13,15-39,47,52,65,69H,1,14,40-46,48-51H2,2-12H3/t65-,69-/m1/s1. The molecule has 3 heterocycles. The zero-order valence-electron chi connectivity index (χ0n) is 61.1. The zero-order chi connectivity index (χ0) is 74.7. The van der Waals surface area contributed by atoms with E-state index in [-0.39, 0.29) is 72.8 Å². The lowest BCUT2D eigenvalue weighted by Crippen LogP contribution is -2.43. The molecular formula is C82H89Cl2FN4O14SSi. The number of halogens is 3. The number of hydrogen-bond donors (Lipinski definition) is 0. The Morgan fingerprint density at radius 2 is 1.30 bits per heavy atom. The molecule has 105 heavy (non-hydrogen) atoms. The fraction of sp³-hybridized carbons (Fsp3) is 0.329. The van der Waals surface area contributed by atoms with Gasteiger partial charge in [0, 0.05) is 35.7 Å². The Kier molecular flexibility index (Phi) is 27.6. The summed E-state index contributed by atoms with van der Waals surface area (Å²) < 4.78 is 95.7. The van der Waals surface area contributed by atoms with Crippen LogP contribution in [0.5, 0.6) is 40.4 Å². The van der Waals surface area contributed by atoms with Crippen molar-refractivity contribution >= 4 is 59.0 Å². The molecule has 18 nitrogen and oxygen atoms in total. The second-order valence-corrected chi connectivity index (χ2v) is 32.5. The van der Waals surface area contributed by atoms with E-state index in [0.29, 0.717) is 127 Å². The molecule has 10 aromatic rings. The smallest absolute Gasteiger partial charge is 0.347 e. The molecule has 0 radical (unpaired) electrons. The molecule has 0 unspecified atom stereocenters. The molecule has 0 spiro atoms. The number of carbonyl (C=O) groups excluding carboxylic acids is 1. The highest BCUT2D eigenvalue weighted by molar-refractivity contribution is 7.22. The summed E-state index contributed by atoms with van der Waals surface area (Å²) in [7, 11) is 2.44. The minimum Gasteiger partial charge on any atom is -0.543 e. The summed E-state index contributed by atoms with van der Waals surface area (Å²) in [6.45, 7) is 22.9. The van der Waals surface area contributed by atoms with E-state index in [1.807, 2.05) is 135 Å². The highest BCUT2D eigenvalue weighted by Crippen LogP contribution is 2.54. The predicted octanol–water partition coefficient (Wildman–Crippen LogP) is 18.1. The minimum atomic E-state index is -2.43. The molecule has 3 aromatic heterocycles. The summed E-state index contributed by atoms with van der Waals surface area (Å²) >= 11 is 16.7. The summed E-state index contributed by atoms with van der Waals surface area (Å²) in [5.41, 5.74) is 5.95. The fourth-order valence-electron chi connectivity index (χ4n) is 11.6. The molecule has 0 amide bonds. The first-order valence-corrected chi connectivity index (χ1v) is 39.0. The third kappa shape index (κ3) is 19.2. The number of fused-ring (bicyclic) bond motifs is 1. The van der Waals surface area contributed by atoms with Gasteiger partial charge in [-0.25, -0.2) is 29.1 Å². The molecule has 0 saturated carbocycles. The molecule has 0 bridgehead atoms. The Morgan fingerprint density at radius 1 is 0.676 bits per heavy atom. The van der Waals surface area contributed by atoms with Crippen molar-refractivity contribution in [1.82, 2.24) is 19.9 Å². The number of thiophene rings is 1. The van der Waals surface area contributed by atoms with Crippen molar-refractivity contribution in [3.63, 3.8) is 0 Å². The summed E-state index contributed by atoms with van der Waals surface area (Å²) in [4.78, 5) is 35.1. The zero-order valence-corrected chi connectivity index (χ0v) is 64.4. The maximum absolute atomic E-state index is 15.0. The third-order valence-electron chi connectivity index (χ3n) is 18.0. The van der Waals surface area contributed by atoms with Crippen LogP contribution < -0.4 is 32.8 Å². The largest absolute Gasteiger partial charge is 0.543 e. The van der Waals surface area contributed by atoms with E-state index in [1.165, 1.54) is 29.8 Å². The first kappa shape index (κ1) is 78.6. The van der Waals surface area contributed by atoms with Crippen LogP contribution in [0.2, 0.25) is 28.2 Å². The quantitative estimate of drug-likeness (QED) is 0.0117. The van der Waals surface area contributed by atoms with Crippen LogP contribution in [0.25, 0.3) is 43.2 Å². The van der Waals surface area contributed by atoms with Crippen molar-refractivity contribution in [2.45, 2.75) is 90.5 Å². The van der Waals surface area contributed by atoms with Gasteiger partial charge in [0.25, 0.3) is 0 Å². The van der Waals surface area contributed by atoms with Gasteiger partial charge in [-0.05, 0) is 151 Å². The molecule has 23 heteroatoms. The summed E-state index contributed by atoms with van der Waals surface area (Å²) in [6, 6.07) is 46.4. The van der Waals surface area contributed by atoms with Crippen molar-refractivity contribution < 1.29 is 70.5 Å². The monoisotopic (exact) mass is 1500 g/mol. The van der Waals surface area contributed by atoms with Crippen molar-refractivity contribution in [2.75, 3.05) is 87.4 Å². The Balaban J connectivity index is 1.01. The van der Waals surface area contributed by atoms with E-state index in [0.717, 1.165) is 16.7 Å². The Labute approximate surface area is 628 Å². The maximum Gasteiger partial charge on any atom is 0.347 e. The Morgan fingerprint density at radius 3 is 1.94 bits per heavy atom. The minimum absolute atomic E-state index is 0.00543. The molecule has 0 N–H and O–H groups in total. The topological polar surface area (TPSA) is 189 Å². The number of esters is 1. The molecule has 0 aliphatic carbocycles. The number of nitrogens with zero attached hydrogens (tertiary/aromatic N) is 4. The number of ether oxygens (including phenoxy) is 12. The van der Waals surface area contributed by atoms with Crippen molar-refractivity contribution in [3.8, 4) is 73.3 Å². The van der Waals surface area contributed by atoms with Crippen LogP contribution in [0.15, 0.2) is 177 Å². The average Bonchev–Trinajstić information content (AvgIpc) is 1.66. The first-order valence-electron chi connectivity index (χ1n) is 34.5. The van der Waals surface area contributed by atoms with Crippen LogP contribution in [0.4, 0.5) is 4.39 Å². The highest BCUT2D eigenvalue weighted by atomic mass is 35.5. The lowest BCUT2D eigenvalue weighted by Gasteiger charge is -2.37. The van der Waals surface area contributed by atoms with E-state index >= 15 is 0 Å². The number of methoxy groups -OCH3 is 3. The van der Waals surface area contributed by atoms with Gasteiger partial charge in [0.05, 0.1) is 100 Å². The van der Waals surface area contributed by atoms with Gasteiger partial charge in [0.2, 0.25) is 20.3 Å². The first-order chi connectivity index (χ1) is 50.7. The Bertz CT molecular complexity index is 4450. The molecule has 0 aliphatic rings. The number of para-hydroxylation sites is 1. The van der Waals surface area contributed by atoms with Crippen LogP contribution in [0.1, 0.15) is 66.8 Å². The molecule has 2 atom stereocenters. The van der Waals surface area contributed by atoms with Crippen LogP contribution in [0, 0.1) is 19.7 Å². The van der Waals surface area contributed by atoms with E-state index in [1.54, 1.807) is 58.7 Å². The van der Waals surface area contributed by atoms with Gasteiger partial charge in [-0.15, -0.1) is 17.9 Å². The van der Waals surface area contributed by atoms with E-state index < -0.39 is 37.9 Å². The highest BCUT2D eigenvalue weighted by Gasteiger charge is 2.41. The third-order valence-corrected chi connectivity index (χ3v) is 24.4. The van der Waals surface area contributed by atoms with Crippen LogP contribution in [0.3, 0.4) is 0 Å². The second-order valence-electron chi connectivity index (χ2n) is 26.1. The summed E-state index contributed by atoms with van der Waals surface area (Å²) in [5.74, 6) is 2.47. The number of aromatic nitrogens is 4. The molecule has 0 saturated heterocycles. The molecule has 7 aromatic carbocycles. The SMILES string of the molecule is C=CCOC[C@H](COC(c1ccccc1)(c1ccc(OC)cc1)c1ccc(OC)cc1)Oc1c(Cl)c(C)c(-c2c(-c3ccc(F)cc3)sc3ncnc(O[C@H](Cc4cc(O[Si](C)(C)C(C)(C)C)ccc4OCc4ccnc(-c5ccccc5OCCOCCOCCOC)n4)C(=O)OCC)c23)c(C)c1Cl. The van der Waals surface area contributed by atoms with E-state index in [2.05, 4.69) is 45.4 Å². The van der Waals surface area contributed by atoms with Gasteiger partial charge in [0.1, 0.15) is 70.6 Å². The molecule has 10 rings (SSSR count).